The molecular weight excluding hydrogens is 512 g/mol. The first-order valence-electron chi connectivity index (χ1n) is 12.4. The van der Waals surface area contributed by atoms with Gasteiger partial charge in [0.2, 0.25) is 5.13 Å². The van der Waals surface area contributed by atoms with Crippen LogP contribution in [0.3, 0.4) is 0 Å². The summed E-state index contributed by atoms with van der Waals surface area (Å²) >= 11 is 1.53. The fraction of sp³-hybridized carbons (Fsp3) is 0.194. The summed E-state index contributed by atoms with van der Waals surface area (Å²) in [6.07, 6.45) is 0. The number of thiazole rings is 1. The predicted molar refractivity (Wildman–Crippen MR) is 153 cm³/mol. The summed E-state index contributed by atoms with van der Waals surface area (Å²) in [5.41, 5.74) is 5.95. The van der Waals surface area contributed by atoms with Gasteiger partial charge in [-0.2, -0.15) is 0 Å². The normalized spacial score (nSPS) is 11.6. The summed E-state index contributed by atoms with van der Waals surface area (Å²) in [6.45, 7) is 6.07. The fourth-order valence-corrected chi connectivity index (χ4v) is 4.93. The monoisotopic (exact) mass is 540 g/mol. The summed E-state index contributed by atoms with van der Waals surface area (Å²) in [5, 5.41) is 2.04. The van der Waals surface area contributed by atoms with Crippen LogP contribution in [-0.4, -0.2) is 31.8 Å². The van der Waals surface area contributed by atoms with E-state index in [1.807, 2.05) is 42.5 Å². The van der Waals surface area contributed by atoms with Crippen LogP contribution in [0, 0.1) is 20.8 Å². The number of hydrogen-bond donors (Lipinski definition) is 0. The molecule has 39 heavy (non-hydrogen) atoms. The van der Waals surface area contributed by atoms with Crippen molar-refractivity contribution in [2.45, 2.75) is 20.8 Å². The Morgan fingerprint density at radius 1 is 0.897 bits per heavy atom. The van der Waals surface area contributed by atoms with Gasteiger partial charge in [-0.1, -0.05) is 23.5 Å². The zero-order valence-electron chi connectivity index (χ0n) is 22.4. The maximum Gasteiger partial charge on any atom is 0.343 e. The van der Waals surface area contributed by atoms with E-state index in [-0.39, 0.29) is 6.61 Å². The molecule has 0 radical (unpaired) electrons. The number of aryl methyl sites for hydroxylation is 3. The number of esters is 1. The summed E-state index contributed by atoms with van der Waals surface area (Å²) in [7, 11) is 2.96. The molecule has 198 valence electrons. The van der Waals surface area contributed by atoms with Crippen molar-refractivity contribution < 1.29 is 23.4 Å². The van der Waals surface area contributed by atoms with Crippen molar-refractivity contribution in [1.29, 1.82) is 0 Å². The van der Waals surface area contributed by atoms with Gasteiger partial charge in [-0.3, -0.25) is 0 Å². The van der Waals surface area contributed by atoms with Crippen LogP contribution >= 0.6 is 11.3 Å². The van der Waals surface area contributed by atoms with Crippen molar-refractivity contribution in [2.24, 2.45) is 4.99 Å². The number of carbonyl (C=O) groups is 1. The minimum atomic E-state index is -0.461. The van der Waals surface area contributed by atoms with Gasteiger partial charge in [0.25, 0.3) is 0 Å². The molecule has 0 aliphatic heterocycles. The molecule has 7 nitrogen and oxygen atoms in total. The average Bonchev–Trinajstić information content (AvgIpc) is 3.32. The van der Waals surface area contributed by atoms with Crippen molar-refractivity contribution in [2.75, 3.05) is 20.8 Å². The Kier molecular flexibility index (Phi) is 7.47. The molecule has 0 spiro atoms. The summed E-state index contributed by atoms with van der Waals surface area (Å²) < 4.78 is 21.9. The minimum Gasteiger partial charge on any atom is -0.497 e. The van der Waals surface area contributed by atoms with E-state index in [9.17, 15) is 4.79 Å². The number of ether oxygens (including phenoxy) is 3. The van der Waals surface area contributed by atoms with Crippen molar-refractivity contribution in [3.05, 3.63) is 88.1 Å². The van der Waals surface area contributed by atoms with Crippen LogP contribution in [0.1, 0.15) is 16.0 Å². The lowest BCUT2D eigenvalue weighted by Crippen LogP contribution is -2.12. The Morgan fingerprint density at radius 3 is 2.36 bits per heavy atom. The molecule has 0 N–H and O–H groups in total. The highest BCUT2D eigenvalue weighted by Gasteiger charge is 2.13. The SMILES string of the molecule is COC(=O)COc1ccc2oc(-c3ccc(OC)cc3)cc(=Nc3nc(-c4ccc(C)c(C)c4)c(C)s3)c2c1. The summed E-state index contributed by atoms with van der Waals surface area (Å²) in [4.78, 5) is 22.5. The number of methoxy groups -OCH3 is 2. The van der Waals surface area contributed by atoms with E-state index in [1.165, 1.54) is 29.6 Å². The van der Waals surface area contributed by atoms with Crippen molar-refractivity contribution >= 4 is 33.4 Å². The molecule has 5 rings (SSSR count). The van der Waals surface area contributed by atoms with Crippen molar-refractivity contribution in [3.63, 3.8) is 0 Å². The molecule has 2 heterocycles. The number of rotatable bonds is 7. The van der Waals surface area contributed by atoms with Crippen LogP contribution in [0.15, 0.2) is 76.1 Å². The molecule has 0 bridgehead atoms. The topological polar surface area (TPSA) is 83.2 Å². The van der Waals surface area contributed by atoms with E-state index in [4.69, 9.17) is 28.6 Å². The van der Waals surface area contributed by atoms with Gasteiger partial charge in [0, 0.05) is 27.5 Å². The molecule has 3 aromatic carbocycles. The zero-order valence-corrected chi connectivity index (χ0v) is 23.2. The first kappa shape index (κ1) is 26.2. The Balaban J connectivity index is 1.64. The molecule has 0 amide bonds. The second-order valence-corrected chi connectivity index (χ2v) is 10.2. The highest BCUT2D eigenvalue weighted by Crippen LogP contribution is 2.33. The molecule has 0 saturated carbocycles. The number of nitrogens with zero attached hydrogens (tertiary/aromatic N) is 2. The maximum absolute atomic E-state index is 11.6. The molecule has 0 unspecified atom stereocenters. The smallest absolute Gasteiger partial charge is 0.343 e. The van der Waals surface area contributed by atoms with Crippen LogP contribution in [0.4, 0.5) is 5.13 Å². The molecule has 0 fully saturated rings. The van der Waals surface area contributed by atoms with Gasteiger partial charge in [0.15, 0.2) is 6.61 Å². The molecule has 8 heteroatoms. The van der Waals surface area contributed by atoms with Gasteiger partial charge in [0.05, 0.1) is 25.3 Å². The molecule has 0 aliphatic carbocycles. The number of fused-ring (bicyclic) bond motifs is 1. The number of benzene rings is 3. The molecule has 0 saturated heterocycles. The molecule has 0 aliphatic rings. The van der Waals surface area contributed by atoms with Gasteiger partial charge in [-0.15, -0.1) is 0 Å². The van der Waals surface area contributed by atoms with Crippen molar-refractivity contribution in [3.8, 4) is 34.1 Å². The third-order valence-corrected chi connectivity index (χ3v) is 7.32. The Morgan fingerprint density at radius 2 is 1.64 bits per heavy atom. The first-order valence-corrected chi connectivity index (χ1v) is 13.2. The third kappa shape index (κ3) is 5.71. The van der Waals surface area contributed by atoms with Gasteiger partial charge < -0.3 is 18.6 Å². The lowest BCUT2D eigenvalue weighted by molar-refractivity contribution is -0.142. The van der Waals surface area contributed by atoms with Crippen LogP contribution in [0.5, 0.6) is 11.5 Å². The molecule has 2 aromatic heterocycles. The lowest BCUT2D eigenvalue weighted by atomic mass is 10.0. The van der Waals surface area contributed by atoms with Crippen LogP contribution in [0.25, 0.3) is 33.6 Å². The highest BCUT2D eigenvalue weighted by molar-refractivity contribution is 7.15. The molecule has 5 aromatic rings. The standard InChI is InChI=1S/C31H28N2O5S/c1-18-6-7-22(14-19(18)2)30-20(3)39-31(33-30)32-26-16-28(21-8-10-23(35-4)11-9-21)38-27-13-12-24(15-25(26)27)37-17-29(34)36-5/h6-16H,17H2,1-5H3. The molecular formula is C31H28N2O5S. The minimum absolute atomic E-state index is 0.194. The Bertz CT molecular complexity index is 1740. The Hall–Kier alpha value is -4.43. The van der Waals surface area contributed by atoms with E-state index in [1.54, 1.807) is 13.2 Å². The van der Waals surface area contributed by atoms with E-state index in [0.29, 0.717) is 27.6 Å². The maximum atomic E-state index is 11.6. The summed E-state index contributed by atoms with van der Waals surface area (Å²) in [6, 6.07) is 21.3. The highest BCUT2D eigenvalue weighted by atomic mass is 32.1. The van der Waals surface area contributed by atoms with Gasteiger partial charge >= 0.3 is 5.97 Å². The third-order valence-electron chi connectivity index (χ3n) is 6.46. The summed E-state index contributed by atoms with van der Waals surface area (Å²) in [5.74, 6) is 1.45. The zero-order chi connectivity index (χ0) is 27.5. The quantitative estimate of drug-likeness (QED) is 0.208. The van der Waals surface area contributed by atoms with Crippen LogP contribution < -0.4 is 14.8 Å². The van der Waals surface area contributed by atoms with E-state index >= 15 is 0 Å². The predicted octanol–water partition coefficient (Wildman–Crippen LogP) is 6.94. The number of carbonyl (C=O) groups excluding carboxylic acids is 1. The van der Waals surface area contributed by atoms with E-state index in [0.717, 1.165) is 32.8 Å². The average molecular weight is 541 g/mol. The molecule has 0 atom stereocenters. The van der Waals surface area contributed by atoms with E-state index < -0.39 is 5.97 Å². The van der Waals surface area contributed by atoms with E-state index in [2.05, 4.69) is 39.0 Å². The van der Waals surface area contributed by atoms with Crippen molar-refractivity contribution in [1.82, 2.24) is 4.98 Å². The Labute approximate surface area is 230 Å². The second kappa shape index (κ2) is 11.1. The van der Waals surface area contributed by atoms with Gasteiger partial charge in [-0.05, 0) is 80.4 Å². The number of hydrogen-bond acceptors (Lipinski definition) is 8. The first-order chi connectivity index (χ1) is 18.8. The number of aromatic nitrogens is 1. The van der Waals surface area contributed by atoms with Gasteiger partial charge in [0.1, 0.15) is 22.8 Å². The fourth-order valence-electron chi connectivity index (χ4n) is 4.12. The van der Waals surface area contributed by atoms with Gasteiger partial charge in [-0.25, -0.2) is 14.8 Å². The largest absolute Gasteiger partial charge is 0.497 e. The van der Waals surface area contributed by atoms with Crippen LogP contribution in [0.2, 0.25) is 0 Å². The lowest BCUT2D eigenvalue weighted by Gasteiger charge is -2.08. The van der Waals surface area contributed by atoms with Crippen LogP contribution in [-0.2, 0) is 9.53 Å². The second-order valence-electron chi connectivity index (χ2n) is 9.06.